The van der Waals surface area contributed by atoms with Crippen LogP contribution in [-0.2, 0) is 14.2 Å². The van der Waals surface area contributed by atoms with Gasteiger partial charge in [-0.3, -0.25) is 0 Å². The number of aliphatic hydroxyl groups is 2. The highest BCUT2D eigenvalue weighted by atomic mass is 16.9. The van der Waals surface area contributed by atoms with E-state index in [9.17, 15) is 10.2 Å². The molecular weight excluding hydrogens is 380 g/mol. The molecular formula is C25H36O5. The highest BCUT2D eigenvalue weighted by Crippen LogP contribution is 2.56. The molecule has 30 heavy (non-hydrogen) atoms. The molecule has 3 saturated heterocycles. The van der Waals surface area contributed by atoms with Crippen molar-refractivity contribution in [1.82, 2.24) is 0 Å². The van der Waals surface area contributed by atoms with Gasteiger partial charge in [0.05, 0.1) is 32.5 Å². The smallest absolute Gasteiger partial charge is 0.283 e. The van der Waals surface area contributed by atoms with Crippen molar-refractivity contribution in [2.45, 2.75) is 70.4 Å². The number of rotatable bonds is 6. The molecule has 6 aliphatic rings. The molecule has 3 saturated carbocycles. The molecule has 6 fully saturated rings. The summed E-state index contributed by atoms with van der Waals surface area (Å²) in [5.74, 6) is 0.712. The summed E-state index contributed by atoms with van der Waals surface area (Å²) in [7, 11) is 0. The van der Waals surface area contributed by atoms with Crippen molar-refractivity contribution in [3.63, 3.8) is 0 Å². The van der Waals surface area contributed by atoms with Gasteiger partial charge in [-0.15, -0.1) is 5.73 Å². The molecule has 3 heterocycles. The van der Waals surface area contributed by atoms with Crippen molar-refractivity contribution in [1.29, 1.82) is 0 Å². The van der Waals surface area contributed by atoms with Gasteiger partial charge in [-0.1, -0.05) is 31.4 Å². The molecule has 3 aliphatic carbocycles. The Hall–Kier alpha value is -0.940. The highest BCUT2D eigenvalue weighted by Gasteiger charge is 2.52. The predicted octanol–water partition coefficient (Wildman–Crippen LogP) is 3.71. The van der Waals surface area contributed by atoms with E-state index in [4.69, 9.17) is 14.2 Å². The van der Waals surface area contributed by atoms with Gasteiger partial charge in [0, 0.05) is 17.8 Å². The van der Waals surface area contributed by atoms with Gasteiger partial charge in [0.15, 0.2) is 0 Å². The van der Waals surface area contributed by atoms with E-state index in [-0.39, 0.29) is 24.0 Å². The molecule has 2 N–H and O–H groups in total. The van der Waals surface area contributed by atoms with Crippen LogP contribution in [0.25, 0.3) is 0 Å². The zero-order valence-corrected chi connectivity index (χ0v) is 18.1. The third-order valence-electron chi connectivity index (χ3n) is 8.16. The SMILES string of the molecule is CC12COC(CCC=C=C3C[C@H]4[C@@H](O)[C@H](/C(=C/CO)C5CCCC5)C[C@@H]34)(OC1)OC2. The van der Waals surface area contributed by atoms with E-state index in [0.717, 1.165) is 19.3 Å². The van der Waals surface area contributed by atoms with Crippen LogP contribution in [0, 0.1) is 29.1 Å². The fraction of sp³-hybridized carbons (Fsp3) is 0.800. The molecule has 0 amide bonds. The first-order chi connectivity index (χ1) is 14.5. The molecule has 6 rings (SSSR count). The third-order valence-corrected chi connectivity index (χ3v) is 8.16. The van der Waals surface area contributed by atoms with Gasteiger partial charge in [0.1, 0.15) is 0 Å². The molecule has 2 bridgehead atoms. The number of hydrogen-bond acceptors (Lipinski definition) is 5. The van der Waals surface area contributed by atoms with Crippen LogP contribution in [0.5, 0.6) is 0 Å². The molecule has 0 radical (unpaired) electrons. The number of ether oxygens (including phenoxy) is 3. The number of hydrogen-bond donors (Lipinski definition) is 2. The second kappa shape index (κ2) is 8.20. The first-order valence-electron chi connectivity index (χ1n) is 11.9. The maximum atomic E-state index is 11.0. The second-order valence-corrected chi connectivity index (χ2v) is 10.4. The molecule has 0 spiro atoms. The van der Waals surface area contributed by atoms with E-state index in [1.807, 2.05) is 6.08 Å². The fourth-order valence-electron chi connectivity index (χ4n) is 6.29. The summed E-state index contributed by atoms with van der Waals surface area (Å²) >= 11 is 0. The van der Waals surface area contributed by atoms with Gasteiger partial charge >= 0.3 is 0 Å². The van der Waals surface area contributed by atoms with E-state index in [2.05, 4.69) is 18.7 Å². The Morgan fingerprint density at radius 2 is 1.87 bits per heavy atom. The number of allylic oxidation sites excluding steroid dienone is 1. The summed E-state index contributed by atoms with van der Waals surface area (Å²) in [6, 6.07) is 0. The number of aliphatic hydroxyl groups excluding tert-OH is 2. The Morgan fingerprint density at radius 1 is 1.17 bits per heavy atom. The van der Waals surface area contributed by atoms with Crippen LogP contribution in [0.1, 0.15) is 58.3 Å². The molecule has 3 aliphatic heterocycles. The lowest BCUT2D eigenvalue weighted by atomic mass is 9.71. The summed E-state index contributed by atoms with van der Waals surface area (Å²) < 4.78 is 17.6. The monoisotopic (exact) mass is 416 g/mol. The maximum Gasteiger partial charge on any atom is 0.283 e. The maximum absolute atomic E-state index is 11.0. The topological polar surface area (TPSA) is 68.2 Å². The quantitative estimate of drug-likeness (QED) is 0.510. The van der Waals surface area contributed by atoms with Gasteiger partial charge in [0.2, 0.25) is 0 Å². The molecule has 0 aromatic rings. The lowest BCUT2D eigenvalue weighted by Gasteiger charge is -2.50. The van der Waals surface area contributed by atoms with Crippen LogP contribution in [0.4, 0.5) is 0 Å². The Balaban J connectivity index is 1.19. The van der Waals surface area contributed by atoms with E-state index < -0.39 is 5.97 Å². The highest BCUT2D eigenvalue weighted by molar-refractivity contribution is 5.28. The largest absolute Gasteiger partial charge is 0.392 e. The summed E-state index contributed by atoms with van der Waals surface area (Å²) in [6.07, 6.45) is 12.2. The van der Waals surface area contributed by atoms with Crippen molar-refractivity contribution in [3.8, 4) is 0 Å². The van der Waals surface area contributed by atoms with Gasteiger partial charge in [-0.25, -0.2) is 0 Å². The Labute approximate surface area is 179 Å². The van der Waals surface area contributed by atoms with Crippen LogP contribution in [-0.4, -0.2) is 48.7 Å². The standard InChI is InChI=1S/C25H36O5/c1-24-14-28-25(29-15-24,30-16-24)10-5-4-8-18-12-21-20(18)13-22(23(21)27)19(9-11-26)17-6-2-3-7-17/h4,9,17,20-23,26-27H,2-3,5-7,10-16H2,1H3/b19-9+/t8?,20-,21+,22-,23+,24?,25?/m0/s1. The minimum Gasteiger partial charge on any atom is -0.392 e. The minimum absolute atomic E-state index is 0.00216. The zero-order chi connectivity index (χ0) is 20.8. The first-order valence-corrected chi connectivity index (χ1v) is 11.9. The van der Waals surface area contributed by atoms with E-state index in [1.54, 1.807) is 0 Å². The van der Waals surface area contributed by atoms with E-state index in [0.29, 0.717) is 44.0 Å². The second-order valence-electron chi connectivity index (χ2n) is 10.4. The molecule has 0 unspecified atom stereocenters. The van der Waals surface area contributed by atoms with E-state index in [1.165, 1.54) is 36.8 Å². The molecule has 0 aromatic carbocycles. The van der Waals surface area contributed by atoms with Gasteiger partial charge < -0.3 is 24.4 Å². The van der Waals surface area contributed by atoms with Crippen LogP contribution in [0.2, 0.25) is 0 Å². The Bertz CT molecular complexity index is 718. The van der Waals surface area contributed by atoms with Gasteiger partial charge in [-0.2, -0.15) is 0 Å². The predicted molar refractivity (Wildman–Crippen MR) is 112 cm³/mol. The van der Waals surface area contributed by atoms with Crippen molar-refractivity contribution >= 4 is 0 Å². The van der Waals surface area contributed by atoms with Crippen LogP contribution in [0.15, 0.2) is 29.0 Å². The molecule has 166 valence electrons. The summed E-state index contributed by atoms with van der Waals surface area (Å²) in [5.41, 5.74) is 6.19. The Kier molecular flexibility index (Phi) is 5.72. The van der Waals surface area contributed by atoms with Gasteiger partial charge in [-0.05, 0) is 61.5 Å². The van der Waals surface area contributed by atoms with Crippen molar-refractivity contribution in [2.75, 3.05) is 26.4 Å². The summed E-state index contributed by atoms with van der Waals surface area (Å²) in [6.45, 7) is 4.31. The summed E-state index contributed by atoms with van der Waals surface area (Å²) in [4.78, 5) is 0. The first kappa shape index (κ1) is 20.9. The van der Waals surface area contributed by atoms with Gasteiger partial charge in [0.25, 0.3) is 5.97 Å². The Morgan fingerprint density at radius 3 is 2.53 bits per heavy atom. The van der Waals surface area contributed by atoms with Crippen LogP contribution in [0.3, 0.4) is 0 Å². The molecule has 5 nitrogen and oxygen atoms in total. The fourth-order valence-corrected chi connectivity index (χ4v) is 6.29. The van der Waals surface area contributed by atoms with Crippen molar-refractivity contribution in [2.24, 2.45) is 29.1 Å². The molecule has 4 atom stereocenters. The minimum atomic E-state index is -0.858. The van der Waals surface area contributed by atoms with Crippen molar-refractivity contribution < 1.29 is 24.4 Å². The number of fused-ring (bicyclic) bond motifs is 4. The zero-order valence-electron chi connectivity index (χ0n) is 18.1. The summed E-state index contributed by atoms with van der Waals surface area (Å²) in [5, 5.41) is 20.5. The van der Waals surface area contributed by atoms with Crippen molar-refractivity contribution in [3.05, 3.63) is 29.0 Å². The molecule has 5 heteroatoms. The molecule has 0 aromatic heterocycles. The lowest BCUT2D eigenvalue weighted by molar-refractivity contribution is -0.467. The van der Waals surface area contributed by atoms with E-state index >= 15 is 0 Å². The average molecular weight is 417 g/mol. The third kappa shape index (κ3) is 3.74. The normalized spacial score (nSPS) is 43.4. The lowest BCUT2D eigenvalue weighted by Crippen LogP contribution is -2.58. The van der Waals surface area contributed by atoms with Crippen LogP contribution >= 0.6 is 0 Å². The van der Waals surface area contributed by atoms with Crippen LogP contribution < -0.4 is 0 Å². The average Bonchev–Trinajstić information content (AvgIpc) is 3.35.